The molecule has 0 aliphatic rings. The molecule has 1 aromatic carbocycles. The Balaban J connectivity index is 1.64. The number of fused-ring (bicyclic) bond motifs is 1. The maximum Gasteiger partial charge on any atom is 0.573 e. The quantitative estimate of drug-likeness (QED) is 0.737. The van der Waals surface area contributed by atoms with Crippen LogP contribution >= 0.6 is 0 Å². The van der Waals surface area contributed by atoms with Gasteiger partial charge in [0.25, 0.3) is 0 Å². The van der Waals surface area contributed by atoms with Crippen LogP contribution in [0.5, 0.6) is 5.75 Å². The summed E-state index contributed by atoms with van der Waals surface area (Å²) in [4.78, 5) is 24.4. The highest BCUT2D eigenvalue weighted by Gasteiger charge is 2.31. The minimum absolute atomic E-state index is 0.285. The molecule has 27 heavy (non-hydrogen) atoms. The van der Waals surface area contributed by atoms with E-state index in [1.54, 1.807) is 25.3 Å². The second kappa shape index (κ2) is 7.14. The number of amides is 1. The second-order valence-corrected chi connectivity index (χ2v) is 5.79. The van der Waals surface area contributed by atoms with Crippen molar-refractivity contribution < 1.29 is 22.7 Å². The summed E-state index contributed by atoms with van der Waals surface area (Å²) in [5, 5.41) is 6.61. The summed E-state index contributed by atoms with van der Waals surface area (Å²) in [5.41, 5.74) is 0.749. The van der Waals surface area contributed by atoms with Crippen LogP contribution in [0.15, 0.2) is 53.6 Å². The van der Waals surface area contributed by atoms with Crippen LogP contribution in [0, 0.1) is 0 Å². The molecule has 1 N–H and O–H groups in total. The second-order valence-electron chi connectivity index (χ2n) is 5.79. The average Bonchev–Trinajstić information content (AvgIpc) is 3.06. The van der Waals surface area contributed by atoms with Crippen LogP contribution in [0.25, 0.3) is 5.52 Å². The van der Waals surface area contributed by atoms with E-state index in [1.165, 1.54) is 22.7 Å². The Labute approximate surface area is 151 Å². The largest absolute Gasteiger partial charge is 0.573 e. The van der Waals surface area contributed by atoms with Crippen LogP contribution in [0.3, 0.4) is 0 Å². The smallest absolute Gasteiger partial charge is 0.406 e. The lowest BCUT2D eigenvalue weighted by atomic mass is 10.1. The van der Waals surface area contributed by atoms with E-state index in [4.69, 9.17) is 0 Å². The van der Waals surface area contributed by atoms with Crippen molar-refractivity contribution in [1.82, 2.24) is 19.5 Å². The number of alkyl halides is 3. The Morgan fingerprint density at radius 2 is 1.96 bits per heavy atom. The summed E-state index contributed by atoms with van der Waals surface area (Å²) >= 11 is 0. The van der Waals surface area contributed by atoms with Gasteiger partial charge in [-0.15, -0.1) is 13.2 Å². The first-order valence-electron chi connectivity index (χ1n) is 7.91. The van der Waals surface area contributed by atoms with E-state index >= 15 is 0 Å². The maximum absolute atomic E-state index is 12.2. The van der Waals surface area contributed by atoms with Crippen molar-refractivity contribution in [3.05, 3.63) is 64.8 Å². The molecule has 2 aromatic heterocycles. The van der Waals surface area contributed by atoms with Crippen molar-refractivity contribution in [1.29, 1.82) is 0 Å². The summed E-state index contributed by atoms with van der Waals surface area (Å²) < 4.78 is 42.7. The number of carbonyl (C=O) groups is 1. The van der Waals surface area contributed by atoms with E-state index in [-0.39, 0.29) is 12.3 Å². The van der Waals surface area contributed by atoms with E-state index in [0.717, 1.165) is 16.8 Å². The zero-order valence-corrected chi connectivity index (χ0v) is 14.1. The van der Waals surface area contributed by atoms with Crippen LogP contribution in [0.2, 0.25) is 0 Å². The van der Waals surface area contributed by atoms with Gasteiger partial charge in [-0.05, 0) is 36.8 Å². The van der Waals surface area contributed by atoms with Crippen molar-refractivity contribution in [2.75, 3.05) is 0 Å². The average molecular weight is 380 g/mol. The molecule has 0 bridgehead atoms. The van der Waals surface area contributed by atoms with Crippen molar-refractivity contribution in [3.63, 3.8) is 0 Å². The van der Waals surface area contributed by atoms with Gasteiger partial charge >= 0.3 is 12.1 Å². The van der Waals surface area contributed by atoms with E-state index in [9.17, 15) is 22.8 Å². The predicted molar refractivity (Wildman–Crippen MR) is 89.1 cm³/mol. The van der Waals surface area contributed by atoms with E-state index < -0.39 is 24.0 Å². The lowest BCUT2D eigenvalue weighted by Gasteiger charge is -2.15. The molecule has 7 nitrogen and oxygen atoms in total. The van der Waals surface area contributed by atoms with Gasteiger partial charge in [-0.1, -0.05) is 12.1 Å². The third-order valence-corrected chi connectivity index (χ3v) is 3.82. The predicted octanol–water partition coefficient (Wildman–Crippen LogP) is 2.27. The monoisotopic (exact) mass is 380 g/mol. The Kier molecular flexibility index (Phi) is 4.89. The van der Waals surface area contributed by atoms with Gasteiger partial charge in [0, 0.05) is 6.20 Å². The number of carbonyl (C=O) groups excluding carboxylic acids is 1. The van der Waals surface area contributed by atoms with Crippen molar-refractivity contribution in [3.8, 4) is 5.75 Å². The topological polar surface area (TPSA) is 77.6 Å². The lowest BCUT2D eigenvalue weighted by Crippen LogP contribution is -2.36. The first-order chi connectivity index (χ1) is 12.7. The van der Waals surface area contributed by atoms with Gasteiger partial charge < -0.3 is 10.1 Å². The number of hydrogen-bond donors (Lipinski definition) is 1. The summed E-state index contributed by atoms with van der Waals surface area (Å²) in [6.07, 6.45) is -1.72. The van der Waals surface area contributed by atoms with Gasteiger partial charge in [0.2, 0.25) is 5.91 Å². The Bertz CT molecular complexity index is 1010. The Morgan fingerprint density at radius 3 is 2.63 bits per heavy atom. The van der Waals surface area contributed by atoms with Crippen LogP contribution < -0.4 is 15.7 Å². The molecule has 1 atom stereocenters. The first kappa shape index (κ1) is 18.5. The number of hydrogen-bond acceptors (Lipinski definition) is 4. The summed E-state index contributed by atoms with van der Waals surface area (Å²) in [7, 11) is 0. The van der Waals surface area contributed by atoms with Crippen LogP contribution in [0.4, 0.5) is 13.2 Å². The molecule has 3 aromatic rings. The molecule has 0 aliphatic carbocycles. The fourth-order valence-corrected chi connectivity index (χ4v) is 2.55. The molecular weight excluding hydrogens is 365 g/mol. The number of nitrogens with one attached hydrogen (secondary N) is 1. The molecule has 2 heterocycles. The molecule has 142 valence electrons. The lowest BCUT2D eigenvalue weighted by molar-refractivity contribution is -0.274. The van der Waals surface area contributed by atoms with Crippen molar-refractivity contribution >= 4 is 11.4 Å². The fraction of sp³-hybridized carbons (Fsp3) is 0.235. The molecule has 0 aliphatic heterocycles. The highest BCUT2D eigenvalue weighted by atomic mass is 19.4. The summed E-state index contributed by atoms with van der Waals surface area (Å²) in [5.74, 6) is -0.806. The van der Waals surface area contributed by atoms with E-state index in [0.29, 0.717) is 11.1 Å². The van der Waals surface area contributed by atoms with E-state index in [1.807, 2.05) is 0 Å². The number of rotatable bonds is 5. The third kappa shape index (κ3) is 4.46. The van der Waals surface area contributed by atoms with Gasteiger partial charge in [0.05, 0.1) is 17.8 Å². The molecule has 3 rings (SSSR count). The Morgan fingerprint density at radius 1 is 1.26 bits per heavy atom. The van der Waals surface area contributed by atoms with Gasteiger partial charge in [-0.3, -0.25) is 9.20 Å². The number of halogens is 3. The minimum atomic E-state index is -4.76. The molecule has 0 fully saturated rings. The van der Waals surface area contributed by atoms with Gasteiger partial charge in [0.1, 0.15) is 12.3 Å². The van der Waals surface area contributed by atoms with E-state index in [2.05, 4.69) is 15.2 Å². The number of ether oxygens (including phenoxy) is 1. The minimum Gasteiger partial charge on any atom is -0.406 e. The third-order valence-electron chi connectivity index (χ3n) is 3.82. The standard InChI is InChI=1S/C17H15F3N4O3/c1-11(12-4-6-14(7-5-12)27-17(18,19)20)22-15(25)10-24-16(26)23-8-2-3-13(23)9-21-24/h2-9,11H,10H2,1H3,(H,22,25). The molecule has 10 heteroatoms. The van der Waals surface area contributed by atoms with Crippen molar-refractivity contribution in [2.45, 2.75) is 25.9 Å². The summed E-state index contributed by atoms with van der Waals surface area (Å²) in [6.45, 7) is 1.38. The first-order valence-corrected chi connectivity index (χ1v) is 7.91. The molecule has 0 saturated carbocycles. The van der Waals surface area contributed by atoms with Crippen LogP contribution in [-0.2, 0) is 11.3 Å². The van der Waals surface area contributed by atoms with Crippen LogP contribution in [-0.4, -0.2) is 26.5 Å². The molecule has 0 spiro atoms. The van der Waals surface area contributed by atoms with Gasteiger partial charge in [0.15, 0.2) is 0 Å². The van der Waals surface area contributed by atoms with Gasteiger partial charge in [-0.25, -0.2) is 9.48 Å². The highest BCUT2D eigenvalue weighted by molar-refractivity contribution is 5.76. The zero-order valence-electron chi connectivity index (χ0n) is 14.1. The number of nitrogens with zero attached hydrogens (tertiary/aromatic N) is 3. The zero-order chi connectivity index (χ0) is 19.6. The normalized spacial score (nSPS) is 12.7. The molecular formula is C17H15F3N4O3. The maximum atomic E-state index is 12.2. The SMILES string of the molecule is CC(NC(=O)Cn1ncc2cccn2c1=O)c1ccc(OC(F)(F)F)cc1. The summed E-state index contributed by atoms with van der Waals surface area (Å²) in [6, 6.07) is 8.09. The van der Waals surface area contributed by atoms with Gasteiger partial charge in [-0.2, -0.15) is 5.10 Å². The fourth-order valence-electron chi connectivity index (χ4n) is 2.55. The molecule has 0 radical (unpaired) electrons. The molecule has 1 amide bonds. The molecule has 1 unspecified atom stereocenters. The molecule has 0 saturated heterocycles. The van der Waals surface area contributed by atoms with Crippen molar-refractivity contribution in [2.24, 2.45) is 0 Å². The number of aromatic nitrogens is 3. The highest BCUT2D eigenvalue weighted by Crippen LogP contribution is 2.24. The Hall–Kier alpha value is -3.30. The van der Waals surface area contributed by atoms with Crippen LogP contribution in [0.1, 0.15) is 18.5 Å². The number of benzene rings is 1.